The second-order valence-corrected chi connectivity index (χ2v) is 5.56. The van der Waals surface area contributed by atoms with Gasteiger partial charge in [0.25, 0.3) is 0 Å². The molecule has 0 saturated heterocycles. The van der Waals surface area contributed by atoms with Gasteiger partial charge < -0.3 is 19.9 Å². The molecule has 3 aromatic rings. The summed E-state index contributed by atoms with van der Waals surface area (Å²) in [5, 5.41) is 14.5. The van der Waals surface area contributed by atoms with Crippen LogP contribution in [-0.2, 0) is 0 Å². The van der Waals surface area contributed by atoms with E-state index in [1.165, 1.54) is 12.1 Å². The van der Waals surface area contributed by atoms with Crippen molar-refractivity contribution in [1.29, 1.82) is 0 Å². The Morgan fingerprint density at radius 2 is 1.80 bits per heavy atom. The summed E-state index contributed by atoms with van der Waals surface area (Å²) in [5.41, 5.74) is 2.01. The molecular formula is C19H19FN2O3. The molecule has 1 heterocycles. The van der Waals surface area contributed by atoms with Crippen LogP contribution >= 0.6 is 0 Å². The average molecular weight is 342 g/mol. The van der Waals surface area contributed by atoms with Crippen molar-refractivity contribution < 1.29 is 19.0 Å². The molecule has 2 aromatic carbocycles. The number of hydrogen-bond acceptors (Lipinski definition) is 5. The Labute approximate surface area is 145 Å². The van der Waals surface area contributed by atoms with Crippen molar-refractivity contribution in [2.75, 3.05) is 26.1 Å². The van der Waals surface area contributed by atoms with Crippen molar-refractivity contribution in [3.05, 3.63) is 60.0 Å². The van der Waals surface area contributed by atoms with E-state index in [1.54, 1.807) is 50.7 Å². The van der Waals surface area contributed by atoms with Gasteiger partial charge in [-0.2, -0.15) is 0 Å². The van der Waals surface area contributed by atoms with E-state index < -0.39 is 6.10 Å². The summed E-state index contributed by atoms with van der Waals surface area (Å²) in [6.07, 6.45) is 0.832. The first-order chi connectivity index (χ1) is 12.1. The molecule has 5 nitrogen and oxygen atoms in total. The lowest BCUT2D eigenvalue weighted by atomic mass is 10.1. The maximum absolute atomic E-state index is 13.3. The van der Waals surface area contributed by atoms with Crippen molar-refractivity contribution in [3.8, 4) is 11.5 Å². The molecule has 130 valence electrons. The van der Waals surface area contributed by atoms with Gasteiger partial charge in [0, 0.05) is 35.9 Å². The van der Waals surface area contributed by atoms with Gasteiger partial charge >= 0.3 is 0 Å². The first-order valence-electron chi connectivity index (χ1n) is 7.80. The van der Waals surface area contributed by atoms with Crippen LogP contribution in [0.15, 0.2) is 48.7 Å². The molecule has 0 radical (unpaired) electrons. The molecule has 0 fully saturated rings. The summed E-state index contributed by atoms with van der Waals surface area (Å²) in [4.78, 5) is 4.16. The number of benzene rings is 2. The number of halogens is 1. The number of aliphatic hydroxyl groups excluding tert-OH is 1. The van der Waals surface area contributed by atoms with Crippen molar-refractivity contribution in [3.63, 3.8) is 0 Å². The standard InChI is InChI=1S/C19H19FN2O3/c1-24-14-7-12(8-15(10-14)25-2)19(23)11-22-17-5-6-21-18-9-13(20)3-4-16(17)18/h3-10,19,23H,11H2,1-2H3,(H,21,22). The molecule has 0 saturated carbocycles. The van der Waals surface area contributed by atoms with E-state index >= 15 is 0 Å². The molecule has 6 heteroatoms. The molecule has 3 rings (SSSR count). The van der Waals surface area contributed by atoms with Crippen LogP contribution in [0.2, 0.25) is 0 Å². The van der Waals surface area contributed by atoms with Gasteiger partial charge in [0.05, 0.1) is 25.8 Å². The number of aliphatic hydroxyl groups is 1. The fourth-order valence-electron chi connectivity index (χ4n) is 2.62. The number of rotatable bonds is 6. The summed E-state index contributed by atoms with van der Waals surface area (Å²) < 4.78 is 23.8. The maximum atomic E-state index is 13.3. The lowest BCUT2D eigenvalue weighted by Gasteiger charge is -2.16. The Morgan fingerprint density at radius 3 is 2.48 bits per heavy atom. The van der Waals surface area contributed by atoms with Gasteiger partial charge in [0.2, 0.25) is 0 Å². The minimum Gasteiger partial charge on any atom is -0.497 e. The van der Waals surface area contributed by atoms with Crippen molar-refractivity contribution in [2.45, 2.75) is 6.10 Å². The number of nitrogens with zero attached hydrogens (tertiary/aromatic N) is 1. The Hall–Kier alpha value is -2.86. The van der Waals surface area contributed by atoms with Gasteiger partial charge in [-0.05, 0) is 35.9 Å². The zero-order chi connectivity index (χ0) is 17.8. The highest BCUT2D eigenvalue weighted by Gasteiger charge is 2.12. The summed E-state index contributed by atoms with van der Waals surface area (Å²) in [7, 11) is 3.12. The van der Waals surface area contributed by atoms with Crippen LogP contribution in [0.3, 0.4) is 0 Å². The molecule has 2 N–H and O–H groups in total. The second kappa shape index (κ2) is 7.36. The number of methoxy groups -OCH3 is 2. The van der Waals surface area contributed by atoms with Gasteiger partial charge in [-0.3, -0.25) is 4.98 Å². The Bertz CT molecular complexity index is 863. The molecule has 0 spiro atoms. The number of anilines is 1. The normalized spacial score (nSPS) is 12.0. The molecule has 0 aliphatic heterocycles. The van der Waals surface area contributed by atoms with Crippen LogP contribution in [0.25, 0.3) is 10.9 Å². The lowest BCUT2D eigenvalue weighted by molar-refractivity contribution is 0.190. The molecule has 0 amide bonds. The third-order valence-electron chi connectivity index (χ3n) is 3.95. The van der Waals surface area contributed by atoms with Crippen LogP contribution in [-0.4, -0.2) is 30.9 Å². The summed E-state index contributed by atoms with van der Waals surface area (Å²) in [6, 6.07) is 11.5. The summed E-state index contributed by atoms with van der Waals surface area (Å²) in [6.45, 7) is 0.271. The zero-order valence-electron chi connectivity index (χ0n) is 14.0. The zero-order valence-corrected chi connectivity index (χ0v) is 14.0. The Kier molecular flexibility index (Phi) is 5.00. The molecule has 0 bridgehead atoms. The van der Waals surface area contributed by atoms with Gasteiger partial charge in [0.1, 0.15) is 17.3 Å². The first-order valence-corrected chi connectivity index (χ1v) is 7.80. The monoisotopic (exact) mass is 342 g/mol. The molecule has 25 heavy (non-hydrogen) atoms. The minimum absolute atomic E-state index is 0.271. The van der Waals surface area contributed by atoms with Crippen LogP contribution < -0.4 is 14.8 Å². The fourth-order valence-corrected chi connectivity index (χ4v) is 2.62. The molecule has 1 aromatic heterocycles. The van der Waals surface area contributed by atoms with Crippen molar-refractivity contribution >= 4 is 16.6 Å². The summed E-state index contributed by atoms with van der Waals surface area (Å²) in [5.74, 6) is 0.886. The van der Waals surface area contributed by atoms with E-state index in [0.717, 1.165) is 11.1 Å². The number of nitrogens with one attached hydrogen (secondary N) is 1. The molecule has 1 atom stereocenters. The quantitative estimate of drug-likeness (QED) is 0.717. The van der Waals surface area contributed by atoms with Gasteiger partial charge in [-0.25, -0.2) is 4.39 Å². The van der Waals surface area contributed by atoms with E-state index in [1.807, 2.05) is 0 Å². The minimum atomic E-state index is -0.771. The smallest absolute Gasteiger partial charge is 0.125 e. The topological polar surface area (TPSA) is 63.6 Å². The summed E-state index contributed by atoms with van der Waals surface area (Å²) >= 11 is 0. The van der Waals surface area contributed by atoms with Crippen molar-refractivity contribution in [2.24, 2.45) is 0 Å². The predicted octanol–water partition coefficient (Wildman–Crippen LogP) is 3.54. The van der Waals surface area contributed by atoms with Crippen molar-refractivity contribution in [1.82, 2.24) is 4.98 Å². The van der Waals surface area contributed by atoms with Gasteiger partial charge in [-0.15, -0.1) is 0 Å². The molecule has 0 aliphatic carbocycles. The second-order valence-electron chi connectivity index (χ2n) is 5.56. The number of fused-ring (bicyclic) bond motifs is 1. The predicted molar refractivity (Wildman–Crippen MR) is 94.7 cm³/mol. The third-order valence-corrected chi connectivity index (χ3v) is 3.95. The lowest BCUT2D eigenvalue weighted by Crippen LogP contribution is -2.12. The molecular weight excluding hydrogens is 323 g/mol. The molecule has 0 aliphatic rings. The van der Waals surface area contributed by atoms with E-state index in [4.69, 9.17) is 9.47 Å². The van der Waals surface area contributed by atoms with Crippen LogP contribution in [0.5, 0.6) is 11.5 Å². The molecule has 1 unspecified atom stereocenters. The number of aromatic nitrogens is 1. The van der Waals surface area contributed by atoms with E-state index in [2.05, 4.69) is 10.3 Å². The average Bonchev–Trinajstić information content (AvgIpc) is 2.65. The SMILES string of the molecule is COc1cc(OC)cc(C(O)CNc2ccnc3cc(F)ccc23)c1. The fraction of sp³-hybridized carbons (Fsp3) is 0.211. The number of pyridine rings is 1. The van der Waals surface area contributed by atoms with Crippen LogP contribution in [0, 0.1) is 5.82 Å². The Balaban J connectivity index is 1.80. The highest BCUT2D eigenvalue weighted by Crippen LogP contribution is 2.28. The van der Waals surface area contributed by atoms with Gasteiger partial charge in [-0.1, -0.05) is 0 Å². The van der Waals surface area contributed by atoms with Crippen LogP contribution in [0.4, 0.5) is 10.1 Å². The third kappa shape index (κ3) is 3.80. The number of hydrogen-bond donors (Lipinski definition) is 2. The highest BCUT2D eigenvalue weighted by molar-refractivity contribution is 5.90. The van der Waals surface area contributed by atoms with Gasteiger partial charge in [0.15, 0.2) is 0 Å². The highest BCUT2D eigenvalue weighted by atomic mass is 19.1. The first kappa shape index (κ1) is 17.0. The Morgan fingerprint density at radius 1 is 1.08 bits per heavy atom. The van der Waals surface area contributed by atoms with E-state index in [0.29, 0.717) is 22.6 Å². The largest absolute Gasteiger partial charge is 0.497 e. The number of ether oxygens (including phenoxy) is 2. The van der Waals surface area contributed by atoms with E-state index in [9.17, 15) is 9.50 Å². The van der Waals surface area contributed by atoms with Crippen LogP contribution in [0.1, 0.15) is 11.7 Å². The maximum Gasteiger partial charge on any atom is 0.125 e. The van der Waals surface area contributed by atoms with E-state index in [-0.39, 0.29) is 12.4 Å².